The van der Waals surface area contributed by atoms with Gasteiger partial charge in [-0.1, -0.05) is 68.4 Å². The maximum atomic E-state index is 13.8. The number of hydrogen-bond donors (Lipinski definition) is 2. The fourth-order valence-corrected chi connectivity index (χ4v) is 9.46. The van der Waals surface area contributed by atoms with Crippen LogP contribution in [0.1, 0.15) is 46.5 Å². The second-order valence-corrected chi connectivity index (χ2v) is 13.2. The molecule has 8 atom stereocenters. The van der Waals surface area contributed by atoms with Crippen LogP contribution in [-0.2, 0) is 9.59 Å². The highest BCUT2D eigenvalue weighted by Crippen LogP contribution is 2.68. The number of hydrogen-bond acceptors (Lipinski definition) is 6. The molecule has 1 heterocycles. The number of thioether (sulfide) groups is 1. The summed E-state index contributed by atoms with van der Waals surface area (Å²) < 4.78 is 0. The Hall–Kier alpha value is -2.28. The number of aliphatic hydroxyl groups is 2. The fraction of sp³-hybridized carbons (Fsp3) is 0.516. The van der Waals surface area contributed by atoms with Crippen molar-refractivity contribution in [2.45, 2.75) is 63.2 Å². The second-order valence-electron chi connectivity index (χ2n) is 12.2. The highest BCUT2D eigenvalue weighted by Gasteiger charge is 2.70. The number of rotatable bonds is 4. The first kappa shape index (κ1) is 25.0. The monoisotopic (exact) mass is 517 g/mol. The molecule has 5 nitrogen and oxygen atoms in total. The van der Waals surface area contributed by atoms with Gasteiger partial charge in [0.1, 0.15) is 5.60 Å². The first-order valence-electron chi connectivity index (χ1n) is 13.4. The van der Waals surface area contributed by atoms with Crippen molar-refractivity contribution >= 4 is 34.2 Å². The van der Waals surface area contributed by atoms with Crippen molar-refractivity contribution in [3.8, 4) is 0 Å². The van der Waals surface area contributed by atoms with Gasteiger partial charge in [-0.05, 0) is 67.7 Å². The number of pyridine rings is 1. The molecular weight excluding hydrogens is 482 g/mol. The van der Waals surface area contributed by atoms with Crippen LogP contribution in [0.4, 0.5) is 0 Å². The molecule has 0 aliphatic heterocycles. The van der Waals surface area contributed by atoms with Gasteiger partial charge < -0.3 is 10.2 Å². The zero-order valence-corrected chi connectivity index (χ0v) is 22.5. The summed E-state index contributed by atoms with van der Waals surface area (Å²) in [6.07, 6.45) is 7.58. The first-order chi connectivity index (χ1) is 17.6. The Balaban J connectivity index is 1.27. The van der Waals surface area contributed by atoms with E-state index in [-0.39, 0.29) is 46.4 Å². The Kier molecular flexibility index (Phi) is 5.83. The number of nitrogens with zero attached hydrogens (tertiary/aromatic N) is 1. The standard InChI is InChI=1S/C31H35NO4S/c1-18-14-23-22-10-9-20-15-21(33)12-13-29(20,2)28(22)25(34)16-30(23,3)31(18,36)26(35)17-37-27-11-8-19-6-4-5-7-24(19)32-27/h4-8,11-13,15,18,22-23,25,28,34,36H,9-10,14,16-17H2,1-3H3/t18-,22?,23?,25+,28?,29?,30?,31+/m1/s1. The van der Waals surface area contributed by atoms with Crippen LogP contribution in [-0.4, -0.2) is 44.2 Å². The fourth-order valence-electron chi connectivity index (χ4n) is 8.63. The van der Waals surface area contributed by atoms with Gasteiger partial charge in [-0.3, -0.25) is 9.59 Å². The number of fused-ring (bicyclic) bond motifs is 6. The third-order valence-corrected chi connectivity index (χ3v) is 11.4. The number of benzene rings is 1. The molecule has 37 heavy (non-hydrogen) atoms. The van der Waals surface area contributed by atoms with Crippen LogP contribution in [0, 0.1) is 34.5 Å². The minimum Gasteiger partial charge on any atom is -0.393 e. The molecule has 0 bridgehead atoms. The molecule has 0 saturated heterocycles. The van der Waals surface area contributed by atoms with E-state index in [1.165, 1.54) is 11.8 Å². The summed E-state index contributed by atoms with van der Waals surface area (Å²) in [5.41, 5.74) is -0.557. The van der Waals surface area contributed by atoms with Crippen molar-refractivity contribution in [3.63, 3.8) is 0 Å². The third-order valence-electron chi connectivity index (χ3n) is 10.4. The number of aliphatic hydroxyl groups excluding tert-OH is 1. The molecule has 6 rings (SSSR count). The molecule has 6 heteroatoms. The molecule has 1 aromatic carbocycles. The van der Waals surface area contributed by atoms with Gasteiger partial charge in [-0.2, -0.15) is 0 Å². The van der Waals surface area contributed by atoms with Crippen LogP contribution in [0.25, 0.3) is 10.9 Å². The number of aromatic nitrogens is 1. The Bertz CT molecular complexity index is 1350. The SMILES string of the molecule is C[C@@H]1CC2C3CCC4=CC(=O)C=CC4(C)C3[C@@H](O)CC2(C)[C@@]1(O)C(=O)CSc1ccc2ccccc2n1. The van der Waals surface area contributed by atoms with E-state index in [4.69, 9.17) is 0 Å². The lowest BCUT2D eigenvalue weighted by Crippen LogP contribution is -2.62. The van der Waals surface area contributed by atoms with Gasteiger partial charge in [-0.15, -0.1) is 0 Å². The molecule has 4 aliphatic carbocycles. The van der Waals surface area contributed by atoms with Crippen LogP contribution in [0.15, 0.2) is 65.2 Å². The lowest BCUT2D eigenvalue weighted by Gasteiger charge is -2.59. The van der Waals surface area contributed by atoms with E-state index < -0.39 is 17.1 Å². The highest BCUT2D eigenvalue weighted by atomic mass is 32.2. The molecule has 194 valence electrons. The summed E-state index contributed by atoms with van der Waals surface area (Å²) in [5.74, 6) is 0.116. The smallest absolute Gasteiger partial charge is 0.178 e. The Morgan fingerprint density at radius 1 is 1.19 bits per heavy atom. The lowest BCUT2D eigenvalue weighted by atomic mass is 9.46. The lowest BCUT2D eigenvalue weighted by molar-refractivity contribution is -0.179. The number of Topliss-reactive ketones (excluding diaryl/α,β-unsaturated/α-hetero) is 1. The third kappa shape index (κ3) is 3.55. The molecule has 0 amide bonds. The molecule has 0 spiro atoms. The average molecular weight is 518 g/mol. The Morgan fingerprint density at radius 2 is 1.97 bits per heavy atom. The molecule has 1 aromatic heterocycles. The van der Waals surface area contributed by atoms with Crippen LogP contribution >= 0.6 is 11.8 Å². The number of allylic oxidation sites excluding steroid dienone is 4. The van der Waals surface area contributed by atoms with Crippen LogP contribution in [0.2, 0.25) is 0 Å². The number of ketones is 2. The van der Waals surface area contributed by atoms with Crippen LogP contribution in [0.3, 0.4) is 0 Å². The Labute approximate surface area is 222 Å². The summed E-state index contributed by atoms with van der Waals surface area (Å²) in [6, 6.07) is 11.8. The first-order valence-corrected chi connectivity index (χ1v) is 14.4. The van der Waals surface area contributed by atoms with Gasteiger partial charge in [0.15, 0.2) is 11.6 Å². The number of para-hydroxylation sites is 1. The van der Waals surface area contributed by atoms with E-state index in [0.29, 0.717) is 6.42 Å². The molecule has 4 aliphatic rings. The zero-order chi connectivity index (χ0) is 26.2. The largest absolute Gasteiger partial charge is 0.393 e. The van der Waals surface area contributed by atoms with Gasteiger partial charge in [0.2, 0.25) is 0 Å². The summed E-state index contributed by atoms with van der Waals surface area (Å²) in [7, 11) is 0. The van der Waals surface area contributed by atoms with Crippen LogP contribution < -0.4 is 0 Å². The van der Waals surface area contributed by atoms with Crippen LogP contribution in [0.5, 0.6) is 0 Å². The summed E-state index contributed by atoms with van der Waals surface area (Å²) >= 11 is 1.38. The van der Waals surface area contributed by atoms with Crippen molar-refractivity contribution in [1.29, 1.82) is 0 Å². The van der Waals surface area contributed by atoms with Gasteiger partial charge >= 0.3 is 0 Å². The van der Waals surface area contributed by atoms with Gasteiger partial charge in [0.05, 0.1) is 22.4 Å². The van der Waals surface area contributed by atoms with E-state index >= 15 is 0 Å². The van der Waals surface area contributed by atoms with E-state index in [1.807, 2.05) is 56.3 Å². The minimum atomic E-state index is -1.50. The molecule has 0 radical (unpaired) electrons. The van der Waals surface area contributed by atoms with Gasteiger partial charge in [0.25, 0.3) is 0 Å². The van der Waals surface area contributed by atoms with Gasteiger partial charge in [-0.25, -0.2) is 4.98 Å². The molecule has 3 saturated carbocycles. The van der Waals surface area contributed by atoms with Crippen molar-refractivity contribution < 1.29 is 19.8 Å². The van der Waals surface area contributed by atoms with E-state index in [9.17, 15) is 19.8 Å². The van der Waals surface area contributed by atoms with Crippen molar-refractivity contribution in [2.75, 3.05) is 5.75 Å². The molecule has 3 fully saturated rings. The number of carbonyl (C=O) groups excluding carboxylic acids is 2. The van der Waals surface area contributed by atoms with Crippen molar-refractivity contribution in [3.05, 3.63) is 60.2 Å². The van der Waals surface area contributed by atoms with E-state index in [2.05, 4.69) is 11.9 Å². The summed E-state index contributed by atoms with van der Waals surface area (Å²) in [4.78, 5) is 30.6. The van der Waals surface area contributed by atoms with Crippen molar-refractivity contribution in [1.82, 2.24) is 4.98 Å². The van der Waals surface area contributed by atoms with Crippen molar-refractivity contribution in [2.24, 2.45) is 34.5 Å². The average Bonchev–Trinajstić information content (AvgIpc) is 3.08. The molecular formula is C31H35NO4S. The van der Waals surface area contributed by atoms with E-state index in [1.54, 1.807) is 12.2 Å². The maximum absolute atomic E-state index is 13.8. The highest BCUT2D eigenvalue weighted by molar-refractivity contribution is 7.99. The normalized spacial score (nSPS) is 40.6. The maximum Gasteiger partial charge on any atom is 0.178 e. The van der Waals surface area contributed by atoms with E-state index in [0.717, 1.165) is 40.8 Å². The summed E-state index contributed by atoms with van der Waals surface area (Å²) in [6.45, 7) is 6.18. The number of carbonyl (C=O) groups is 2. The zero-order valence-electron chi connectivity index (χ0n) is 21.7. The van der Waals surface area contributed by atoms with Gasteiger partial charge in [0, 0.05) is 22.1 Å². The topological polar surface area (TPSA) is 87.5 Å². The molecule has 2 N–H and O–H groups in total. The predicted octanol–water partition coefficient (Wildman–Crippen LogP) is 5.15. The summed E-state index contributed by atoms with van der Waals surface area (Å²) in [5, 5.41) is 25.6. The predicted molar refractivity (Wildman–Crippen MR) is 145 cm³/mol. The quantitative estimate of drug-likeness (QED) is 0.546. The second kappa shape index (κ2) is 8.62. The molecule has 5 unspecified atom stereocenters. The Morgan fingerprint density at radius 3 is 2.78 bits per heavy atom. The minimum absolute atomic E-state index is 0.0178. The molecule has 2 aromatic rings.